The van der Waals surface area contributed by atoms with E-state index in [-0.39, 0.29) is 4.90 Å². The van der Waals surface area contributed by atoms with Gasteiger partial charge in [0.1, 0.15) is 5.82 Å². The van der Waals surface area contributed by atoms with Gasteiger partial charge in [0.15, 0.2) is 5.16 Å². The summed E-state index contributed by atoms with van der Waals surface area (Å²) in [6, 6.07) is 6.30. The van der Waals surface area contributed by atoms with Crippen LogP contribution in [-0.4, -0.2) is 19.7 Å². The van der Waals surface area contributed by atoms with Gasteiger partial charge in [-0.1, -0.05) is 6.07 Å². The highest BCUT2D eigenvalue weighted by atomic mass is 32.2. The van der Waals surface area contributed by atoms with Gasteiger partial charge in [-0.3, -0.25) is 10.1 Å². The predicted octanol–water partition coefficient (Wildman–Crippen LogP) is 4.55. The number of hydrogen-bond acceptors (Lipinski definition) is 6. The maximum absolute atomic E-state index is 12.8. The molecule has 0 aliphatic carbocycles. The van der Waals surface area contributed by atoms with E-state index in [1.807, 2.05) is 17.5 Å². The molecule has 0 amide bonds. The van der Waals surface area contributed by atoms with Gasteiger partial charge in [0.2, 0.25) is 0 Å². The van der Waals surface area contributed by atoms with E-state index in [1.54, 1.807) is 23.0 Å². The molecule has 26 heavy (non-hydrogen) atoms. The fraction of sp³-hybridized carbons (Fsp3) is 0.200. The van der Waals surface area contributed by atoms with Crippen molar-refractivity contribution in [2.24, 2.45) is 7.05 Å². The minimum atomic E-state index is -4.65. The van der Waals surface area contributed by atoms with Gasteiger partial charge in [-0.25, -0.2) is 0 Å². The van der Waals surface area contributed by atoms with Crippen molar-refractivity contribution in [1.29, 1.82) is 0 Å². The van der Waals surface area contributed by atoms with Crippen molar-refractivity contribution in [2.75, 3.05) is 0 Å². The maximum atomic E-state index is 12.8. The highest BCUT2D eigenvalue weighted by Crippen LogP contribution is 2.38. The number of nitro groups is 1. The third-order valence-electron chi connectivity index (χ3n) is 3.52. The van der Waals surface area contributed by atoms with Gasteiger partial charge in [-0.05, 0) is 35.3 Å². The monoisotopic (exact) mass is 400 g/mol. The Morgan fingerprint density at radius 3 is 2.69 bits per heavy atom. The summed E-state index contributed by atoms with van der Waals surface area (Å²) in [6.45, 7) is 0. The van der Waals surface area contributed by atoms with Crippen molar-refractivity contribution < 1.29 is 18.1 Å². The molecule has 0 radical (unpaired) electrons. The third-order valence-corrected chi connectivity index (χ3v) is 5.50. The van der Waals surface area contributed by atoms with E-state index in [0.29, 0.717) is 23.5 Å². The Labute approximate surface area is 153 Å². The molecule has 0 aliphatic rings. The zero-order valence-electron chi connectivity index (χ0n) is 13.2. The molecule has 0 spiro atoms. The van der Waals surface area contributed by atoms with E-state index in [4.69, 9.17) is 0 Å². The molecule has 11 heteroatoms. The third kappa shape index (κ3) is 3.88. The largest absolute Gasteiger partial charge is 0.416 e. The van der Waals surface area contributed by atoms with E-state index in [2.05, 4.69) is 10.2 Å². The van der Waals surface area contributed by atoms with E-state index in [0.717, 1.165) is 28.8 Å². The standard InChI is InChI=1S/C15H11F3N4O2S2/c1-21-13(8-10-3-2-6-25-10)19-20-14(21)26-12-5-4-9(15(16,17)18)7-11(12)22(23)24/h2-7H,8H2,1H3. The lowest BCUT2D eigenvalue weighted by Gasteiger charge is -2.08. The number of benzene rings is 1. The molecule has 0 unspecified atom stereocenters. The summed E-state index contributed by atoms with van der Waals surface area (Å²) in [6.07, 6.45) is -4.09. The summed E-state index contributed by atoms with van der Waals surface area (Å²) in [7, 11) is 1.71. The van der Waals surface area contributed by atoms with Gasteiger partial charge in [-0.15, -0.1) is 21.5 Å². The molecule has 0 aliphatic heterocycles. The Kier molecular flexibility index (Phi) is 5.01. The Morgan fingerprint density at radius 2 is 2.08 bits per heavy atom. The summed E-state index contributed by atoms with van der Waals surface area (Å²) in [5.41, 5.74) is -1.68. The fourth-order valence-electron chi connectivity index (χ4n) is 2.18. The molecule has 0 bridgehead atoms. The molecule has 3 rings (SSSR count). The number of alkyl halides is 3. The van der Waals surface area contributed by atoms with Gasteiger partial charge in [-0.2, -0.15) is 13.2 Å². The van der Waals surface area contributed by atoms with Crippen LogP contribution >= 0.6 is 23.1 Å². The van der Waals surface area contributed by atoms with Crippen LogP contribution < -0.4 is 0 Å². The summed E-state index contributed by atoms with van der Waals surface area (Å²) in [5, 5.41) is 21.5. The quantitative estimate of drug-likeness (QED) is 0.464. The maximum Gasteiger partial charge on any atom is 0.416 e. The second-order valence-corrected chi connectivity index (χ2v) is 7.29. The first-order valence-corrected chi connectivity index (χ1v) is 8.89. The molecule has 2 aromatic heterocycles. The van der Waals surface area contributed by atoms with Crippen molar-refractivity contribution in [2.45, 2.75) is 22.6 Å². The van der Waals surface area contributed by atoms with Crippen LogP contribution in [0.25, 0.3) is 0 Å². The molecule has 0 saturated heterocycles. The molecular formula is C15H11F3N4O2S2. The summed E-state index contributed by atoms with van der Waals surface area (Å²) < 4.78 is 40.0. The van der Waals surface area contributed by atoms with E-state index in [1.165, 1.54) is 0 Å². The Bertz CT molecular complexity index is 939. The number of nitrogens with zero attached hydrogens (tertiary/aromatic N) is 4. The summed E-state index contributed by atoms with van der Waals surface area (Å²) in [4.78, 5) is 11.5. The number of hydrogen-bond donors (Lipinski definition) is 0. The Morgan fingerprint density at radius 1 is 1.31 bits per heavy atom. The minimum absolute atomic E-state index is 0.0705. The lowest BCUT2D eigenvalue weighted by molar-refractivity contribution is -0.388. The molecule has 0 saturated carbocycles. The predicted molar refractivity (Wildman–Crippen MR) is 90.3 cm³/mol. The second kappa shape index (κ2) is 7.08. The van der Waals surface area contributed by atoms with Crippen LogP contribution in [-0.2, 0) is 19.6 Å². The van der Waals surface area contributed by atoms with Gasteiger partial charge in [0.25, 0.3) is 5.69 Å². The number of thiophene rings is 1. The number of halogens is 3. The first-order chi connectivity index (χ1) is 12.3. The van der Waals surface area contributed by atoms with Gasteiger partial charge in [0.05, 0.1) is 15.4 Å². The topological polar surface area (TPSA) is 73.8 Å². The van der Waals surface area contributed by atoms with Crippen molar-refractivity contribution in [3.63, 3.8) is 0 Å². The lowest BCUT2D eigenvalue weighted by Crippen LogP contribution is -2.06. The first-order valence-electron chi connectivity index (χ1n) is 7.20. The van der Waals surface area contributed by atoms with Crippen molar-refractivity contribution in [3.8, 4) is 0 Å². The number of rotatable bonds is 5. The molecule has 0 N–H and O–H groups in total. The van der Waals surface area contributed by atoms with Crippen LogP contribution in [0.5, 0.6) is 0 Å². The van der Waals surface area contributed by atoms with E-state index >= 15 is 0 Å². The Hall–Kier alpha value is -2.40. The molecule has 0 fully saturated rings. The lowest BCUT2D eigenvalue weighted by atomic mass is 10.2. The van der Waals surface area contributed by atoms with Crippen molar-refractivity contribution in [1.82, 2.24) is 14.8 Å². The highest BCUT2D eigenvalue weighted by molar-refractivity contribution is 7.99. The molecule has 2 heterocycles. The highest BCUT2D eigenvalue weighted by Gasteiger charge is 2.33. The normalized spacial score (nSPS) is 11.7. The van der Waals surface area contributed by atoms with Crippen LogP contribution in [0, 0.1) is 10.1 Å². The first kappa shape index (κ1) is 18.4. The summed E-state index contributed by atoms with van der Waals surface area (Å²) in [5.74, 6) is 0.657. The fourth-order valence-corrected chi connectivity index (χ4v) is 3.77. The van der Waals surface area contributed by atoms with Crippen molar-refractivity contribution in [3.05, 3.63) is 62.1 Å². The zero-order valence-corrected chi connectivity index (χ0v) is 14.9. The molecule has 3 aromatic rings. The number of nitro benzene ring substituents is 1. The average Bonchev–Trinajstić information content (AvgIpc) is 3.19. The van der Waals surface area contributed by atoms with E-state index in [9.17, 15) is 23.3 Å². The van der Waals surface area contributed by atoms with Crippen LogP contribution in [0.4, 0.5) is 18.9 Å². The van der Waals surface area contributed by atoms with Crippen LogP contribution in [0.15, 0.2) is 45.8 Å². The Balaban J connectivity index is 1.89. The summed E-state index contributed by atoms with van der Waals surface area (Å²) >= 11 is 2.47. The zero-order chi connectivity index (χ0) is 18.9. The van der Waals surface area contributed by atoms with Gasteiger partial charge >= 0.3 is 6.18 Å². The average molecular weight is 400 g/mol. The van der Waals surface area contributed by atoms with Crippen LogP contribution in [0.1, 0.15) is 16.3 Å². The van der Waals surface area contributed by atoms with Gasteiger partial charge < -0.3 is 4.57 Å². The van der Waals surface area contributed by atoms with Crippen molar-refractivity contribution >= 4 is 28.8 Å². The molecular weight excluding hydrogens is 389 g/mol. The smallest absolute Gasteiger partial charge is 0.309 e. The van der Waals surface area contributed by atoms with E-state index < -0.39 is 22.4 Å². The molecule has 136 valence electrons. The molecule has 1 aromatic carbocycles. The SMILES string of the molecule is Cn1c(Cc2cccs2)nnc1Sc1ccc(C(F)(F)F)cc1[N+](=O)[O-]. The van der Waals surface area contributed by atoms with Gasteiger partial charge in [0, 0.05) is 24.4 Å². The van der Waals surface area contributed by atoms with Crippen LogP contribution in [0.3, 0.4) is 0 Å². The molecule has 6 nitrogen and oxygen atoms in total. The number of aromatic nitrogens is 3. The molecule has 0 atom stereocenters. The second-order valence-electron chi connectivity index (χ2n) is 5.25. The van der Waals surface area contributed by atoms with Crippen LogP contribution in [0.2, 0.25) is 0 Å². The minimum Gasteiger partial charge on any atom is -0.309 e.